The van der Waals surface area contributed by atoms with Crippen LogP contribution in [0.4, 0.5) is 19.0 Å². The second-order valence-electron chi connectivity index (χ2n) is 5.88. The molecule has 0 spiro atoms. The van der Waals surface area contributed by atoms with Gasteiger partial charge < -0.3 is 10.2 Å². The summed E-state index contributed by atoms with van der Waals surface area (Å²) in [6.07, 6.45) is 0.867. The number of piperidine rings is 1. The fourth-order valence-electron chi connectivity index (χ4n) is 2.86. The lowest BCUT2D eigenvalue weighted by molar-refractivity contribution is -0.137. The maximum atomic E-state index is 13.3. The molecule has 1 amide bonds. The summed E-state index contributed by atoms with van der Waals surface area (Å²) in [6.45, 7) is 0.687. The Kier molecular flexibility index (Phi) is 5.40. The molecule has 0 aliphatic carbocycles. The van der Waals surface area contributed by atoms with Gasteiger partial charge >= 0.3 is 6.18 Å². The third-order valence-electron chi connectivity index (χ3n) is 4.01. The van der Waals surface area contributed by atoms with Gasteiger partial charge in [0.15, 0.2) is 0 Å². The average Bonchev–Trinajstić information content (AvgIpc) is 2.62. The molecule has 1 saturated heterocycles. The van der Waals surface area contributed by atoms with Crippen LogP contribution in [0, 0.1) is 0 Å². The van der Waals surface area contributed by atoms with Gasteiger partial charge in [0.1, 0.15) is 17.8 Å². The van der Waals surface area contributed by atoms with Gasteiger partial charge in [-0.2, -0.15) is 13.2 Å². The number of pyridine rings is 1. The molecule has 0 aromatic carbocycles. The summed E-state index contributed by atoms with van der Waals surface area (Å²) < 4.78 is 40.3. The first-order chi connectivity index (χ1) is 12.3. The van der Waals surface area contributed by atoms with Crippen molar-refractivity contribution in [2.45, 2.75) is 25.1 Å². The highest BCUT2D eigenvalue weighted by Crippen LogP contribution is 2.37. The minimum absolute atomic E-state index is 0.123. The summed E-state index contributed by atoms with van der Waals surface area (Å²) in [5, 5.41) is 2.82. The van der Waals surface area contributed by atoms with Crippen LogP contribution in [-0.4, -0.2) is 40.0 Å². The largest absolute Gasteiger partial charge is 0.419 e. The molecule has 1 N–H and O–H groups in total. The van der Waals surface area contributed by atoms with Crippen LogP contribution in [0.2, 0.25) is 0 Å². The Morgan fingerprint density at radius 2 is 2.15 bits per heavy atom. The summed E-state index contributed by atoms with van der Waals surface area (Å²) in [5.41, 5.74) is -0.579. The third-order valence-corrected chi connectivity index (χ3v) is 4.44. The number of alkyl halides is 3. The standard InChI is InChI=1S/C16H15BrF3N5O/c17-10-6-12(16(18,19)20)14(22-7-10)25-5-1-2-11(8-25)24-15(26)13-3-4-21-9-23-13/h3-4,6-7,9,11H,1-2,5,8H2,(H,24,26). The van der Waals surface area contributed by atoms with Crippen LogP contribution in [0.3, 0.4) is 0 Å². The first-order valence-corrected chi connectivity index (χ1v) is 8.68. The Labute approximate surface area is 156 Å². The van der Waals surface area contributed by atoms with Crippen LogP contribution in [-0.2, 0) is 6.18 Å². The van der Waals surface area contributed by atoms with Crippen molar-refractivity contribution in [3.8, 4) is 0 Å². The Morgan fingerprint density at radius 3 is 2.85 bits per heavy atom. The monoisotopic (exact) mass is 429 g/mol. The van der Waals surface area contributed by atoms with Crippen LogP contribution in [0.1, 0.15) is 28.9 Å². The number of anilines is 1. The number of hydrogen-bond donors (Lipinski definition) is 1. The summed E-state index contributed by atoms with van der Waals surface area (Å²) in [6, 6.07) is 2.21. The smallest absolute Gasteiger partial charge is 0.354 e. The van der Waals surface area contributed by atoms with Crippen LogP contribution in [0.5, 0.6) is 0 Å². The van der Waals surface area contributed by atoms with E-state index in [2.05, 4.69) is 36.2 Å². The number of aromatic nitrogens is 3. The number of nitrogens with zero attached hydrogens (tertiary/aromatic N) is 4. The predicted octanol–water partition coefficient (Wildman–Crippen LogP) is 3.05. The van der Waals surface area contributed by atoms with Crippen molar-refractivity contribution in [2.24, 2.45) is 0 Å². The minimum Gasteiger partial charge on any atom is -0.354 e. The molecule has 1 aliphatic rings. The molecule has 138 valence electrons. The lowest BCUT2D eigenvalue weighted by atomic mass is 10.0. The summed E-state index contributed by atoms with van der Waals surface area (Å²) >= 11 is 3.03. The van der Waals surface area contributed by atoms with Gasteiger partial charge in [0.25, 0.3) is 5.91 Å². The van der Waals surface area contributed by atoms with E-state index in [1.165, 1.54) is 24.8 Å². The number of rotatable bonds is 3. The highest BCUT2D eigenvalue weighted by Gasteiger charge is 2.37. The summed E-state index contributed by atoms with van der Waals surface area (Å²) in [5.74, 6) is -0.499. The second kappa shape index (κ2) is 7.56. The number of hydrogen-bond acceptors (Lipinski definition) is 5. The number of nitrogens with one attached hydrogen (secondary N) is 1. The summed E-state index contributed by atoms with van der Waals surface area (Å²) in [4.78, 5) is 25.4. The molecule has 0 bridgehead atoms. The van der Waals surface area contributed by atoms with Gasteiger partial charge in [0, 0.05) is 36.0 Å². The molecule has 3 rings (SSSR count). The molecule has 1 fully saturated rings. The maximum Gasteiger partial charge on any atom is 0.419 e. The molecule has 6 nitrogen and oxygen atoms in total. The van der Waals surface area contributed by atoms with Gasteiger partial charge in [-0.15, -0.1) is 0 Å². The Balaban J connectivity index is 1.76. The van der Waals surface area contributed by atoms with E-state index >= 15 is 0 Å². The molecule has 2 aromatic rings. The number of amides is 1. The van der Waals surface area contributed by atoms with Crippen molar-refractivity contribution < 1.29 is 18.0 Å². The molecule has 0 saturated carbocycles. The Morgan fingerprint density at radius 1 is 1.35 bits per heavy atom. The second-order valence-corrected chi connectivity index (χ2v) is 6.79. The van der Waals surface area contributed by atoms with Crippen molar-refractivity contribution >= 4 is 27.7 Å². The van der Waals surface area contributed by atoms with E-state index in [-0.39, 0.29) is 34.5 Å². The van der Waals surface area contributed by atoms with E-state index in [1.807, 2.05) is 0 Å². The molecule has 0 radical (unpaired) electrons. The van der Waals surface area contributed by atoms with Gasteiger partial charge in [0.05, 0.1) is 5.56 Å². The Hall–Kier alpha value is -2.23. The zero-order valence-electron chi connectivity index (χ0n) is 13.5. The first-order valence-electron chi connectivity index (χ1n) is 7.89. The molecule has 1 unspecified atom stereocenters. The zero-order valence-corrected chi connectivity index (χ0v) is 15.1. The van der Waals surface area contributed by atoms with Crippen LogP contribution >= 0.6 is 15.9 Å². The number of carbonyl (C=O) groups excluding carboxylic acids is 1. The lowest BCUT2D eigenvalue weighted by Crippen LogP contribution is -2.48. The molecule has 26 heavy (non-hydrogen) atoms. The number of halogens is 4. The Bertz CT molecular complexity index is 787. The topological polar surface area (TPSA) is 71.0 Å². The van der Waals surface area contributed by atoms with Crippen LogP contribution < -0.4 is 10.2 Å². The van der Waals surface area contributed by atoms with Crippen LogP contribution in [0.15, 0.2) is 35.3 Å². The molecular weight excluding hydrogens is 415 g/mol. The van der Waals surface area contributed by atoms with Gasteiger partial charge in [-0.05, 0) is 40.9 Å². The molecular formula is C16H15BrF3N5O. The number of carbonyl (C=O) groups is 1. The minimum atomic E-state index is -4.51. The summed E-state index contributed by atoms with van der Waals surface area (Å²) in [7, 11) is 0. The molecule has 1 atom stereocenters. The van der Waals surface area contributed by atoms with E-state index in [0.717, 1.165) is 6.07 Å². The van der Waals surface area contributed by atoms with Crippen molar-refractivity contribution in [1.29, 1.82) is 0 Å². The first kappa shape index (κ1) is 18.6. The van der Waals surface area contributed by atoms with Crippen molar-refractivity contribution in [1.82, 2.24) is 20.3 Å². The van der Waals surface area contributed by atoms with Gasteiger partial charge in [-0.25, -0.2) is 15.0 Å². The van der Waals surface area contributed by atoms with Gasteiger partial charge in [0.2, 0.25) is 0 Å². The highest BCUT2D eigenvalue weighted by molar-refractivity contribution is 9.10. The lowest BCUT2D eigenvalue weighted by Gasteiger charge is -2.35. The quantitative estimate of drug-likeness (QED) is 0.811. The third kappa shape index (κ3) is 4.29. The van der Waals surface area contributed by atoms with E-state index < -0.39 is 11.7 Å². The van der Waals surface area contributed by atoms with E-state index in [9.17, 15) is 18.0 Å². The normalized spacial score (nSPS) is 17.8. The zero-order chi connectivity index (χ0) is 18.7. The van der Waals surface area contributed by atoms with Crippen molar-refractivity contribution in [3.05, 3.63) is 46.6 Å². The maximum absolute atomic E-state index is 13.3. The van der Waals surface area contributed by atoms with E-state index in [0.29, 0.717) is 19.4 Å². The predicted molar refractivity (Wildman–Crippen MR) is 91.7 cm³/mol. The highest BCUT2D eigenvalue weighted by atomic mass is 79.9. The molecule has 1 aliphatic heterocycles. The average molecular weight is 430 g/mol. The molecule has 3 heterocycles. The van der Waals surface area contributed by atoms with E-state index in [4.69, 9.17) is 0 Å². The van der Waals surface area contributed by atoms with E-state index in [1.54, 1.807) is 4.90 Å². The van der Waals surface area contributed by atoms with Gasteiger partial charge in [-0.1, -0.05) is 0 Å². The van der Waals surface area contributed by atoms with Crippen LogP contribution in [0.25, 0.3) is 0 Å². The van der Waals surface area contributed by atoms with Crippen molar-refractivity contribution in [2.75, 3.05) is 18.0 Å². The molecule has 10 heteroatoms. The SMILES string of the molecule is O=C(NC1CCCN(c2ncc(Br)cc2C(F)(F)F)C1)c1ccncn1. The van der Waals surface area contributed by atoms with Crippen molar-refractivity contribution in [3.63, 3.8) is 0 Å². The van der Waals surface area contributed by atoms with Gasteiger partial charge in [-0.3, -0.25) is 4.79 Å². The molecule has 2 aromatic heterocycles. The fraction of sp³-hybridized carbons (Fsp3) is 0.375. The fourth-order valence-corrected chi connectivity index (χ4v) is 3.20.